The minimum atomic E-state index is -2.72. The average molecular weight is 461 g/mol. The number of nitrogens with two attached hydrogens (primary N) is 1. The molecule has 0 bridgehead atoms. The number of rotatable bonds is 6. The highest BCUT2D eigenvalue weighted by Crippen LogP contribution is 2.42. The van der Waals surface area contributed by atoms with Crippen molar-refractivity contribution in [2.24, 2.45) is 5.73 Å². The SMILES string of the molecule is CC1(CO)Cc2cc(NC(=O)C(=CN)c3ncc(C(F)F)cn3)c(N3CCOCC3)cc2O1. The molecular formula is C22H25F2N5O4. The zero-order valence-corrected chi connectivity index (χ0v) is 18.1. The molecule has 0 spiro atoms. The van der Waals surface area contributed by atoms with Gasteiger partial charge in [0.05, 0.1) is 42.3 Å². The molecule has 1 saturated heterocycles. The Bertz CT molecular complexity index is 1060. The third-order valence-corrected chi connectivity index (χ3v) is 5.61. The van der Waals surface area contributed by atoms with E-state index in [0.29, 0.717) is 44.2 Å². The maximum atomic E-state index is 13.1. The summed E-state index contributed by atoms with van der Waals surface area (Å²) in [4.78, 5) is 22.9. The molecule has 11 heteroatoms. The summed E-state index contributed by atoms with van der Waals surface area (Å²) in [5.41, 5.74) is 6.61. The number of carbonyl (C=O) groups excluding carboxylic acids is 1. The molecule has 0 saturated carbocycles. The van der Waals surface area contributed by atoms with E-state index in [-0.39, 0.29) is 23.6 Å². The molecule has 1 unspecified atom stereocenters. The van der Waals surface area contributed by atoms with Gasteiger partial charge in [-0.25, -0.2) is 18.7 Å². The van der Waals surface area contributed by atoms with Crippen molar-refractivity contribution in [2.45, 2.75) is 25.4 Å². The highest BCUT2D eigenvalue weighted by atomic mass is 19.3. The number of amides is 1. The van der Waals surface area contributed by atoms with E-state index >= 15 is 0 Å². The first-order valence-corrected chi connectivity index (χ1v) is 10.5. The second-order valence-electron chi connectivity index (χ2n) is 8.14. The third-order valence-electron chi connectivity index (χ3n) is 5.61. The molecule has 2 aromatic rings. The molecule has 0 aliphatic carbocycles. The van der Waals surface area contributed by atoms with Crippen LogP contribution >= 0.6 is 0 Å². The fraction of sp³-hybridized carbons (Fsp3) is 0.409. The van der Waals surface area contributed by atoms with Crippen molar-refractivity contribution in [3.8, 4) is 5.75 Å². The Balaban J connectivity index is 1.64. The molecule has 1 atom stereocenters. The summed E-state index contributed by atoms with van der Waals surface area (Å²) in [6.45, 7) is 3.99. The lowest BCUT2D eigenvalue weighted by molar-refractivity contribution is -0.111. The van der Waals surface area contributed by atoms with E-state index in [0.717, 1.165) is 29.8 Å². The maximum Gasteiger partial charge on any atom is 0.266 e. The first-order valence-electron chi connectivity index (χ1n) is 10.5. The zero-order chi connectivity index (χ0) is 23.6. The number of ether oxygens (including phenoxy) is 2. The molecule has 2 aliphatic heterocycles. The first-order chi connectivity index (χ1) is 15.8. The highest BCUT2D eigenvalue weighted by Gasteiger charge is 2.36. The van der Waals surface area contributed by atoms with Gasteiger partial charge in [-0.15, -0.1) is 0 Å². The van der Waals surface area contributed by atoms with Crippen molar-refractivity contribution in [3.63, 3.8) is 0 Å². The van der Waals surface area contributed by atoms with Crippen molar-refractivity contribution in [3.05, 3.63) is 47.7 Å². The highest BCUT2D eigenvalue weighted by molar-refractivity contribution is 6.24. The molecule has 2 aliphatic rings. The Morgan fingerprint density at radius 2 is 2.03 bits per heavy atom. The summed E-state index contributed by atoms with van der Waals surface area (Å²) in [5.74, 6) is -0.00295. The second-order valence-corrected chi connectivity index (χ2v) is 8.14. The molecule has 1 aromatic carbocycles. The zero-order valence-electron chi connectivity index (χ0n) is 18.1. The van der Waals surface area contributed by atoms with Crippen molar-refractivity contribution >= 4 is 22.9 Å². The van der Waals surface area contributed by atoms with Gasteiger partial charge in [-0.3, -0.25) is 4.79 Å². The van der Waals surface area contributed by atoms with Crippen LogP contribution in [0.2, 0.25) is 0 Å². The van der Waals surface area contributed by atoms with Gasteiger partial charge in [0.2, 0.25) is 0 Å². The fourth-order valence-corrected chi connectivity index (χ4v) is 3.84. The monoisotopic (exact) mass is 461 g/mol. The minimum Gasteiger partial charge on any atom is -0.484 e. The van der Waals surface area contributed by atoms with Crippen molar-refractivity contribution in [2.75, 3.05) is 43.1 Å². The second kappa shape index (κ2) is 9.28. The van der Waals surface area contributed by atoms with Gasteiger partial charge < -0.3 is 30.5 Å². The number of carbonyl (C=O) groups is 1. The van der Waals surface area contributed by atoms with Crippen LogP contribution in [0.5, 0.6) is 5.75 Å². The summed E-state index contributed by atoms with van der Waals surface area (Å²) in [6, 6.07) is 3.66. The van der Waals surface area contributed by atoms with Crippen molar-refractivity contribution in [1.82, 2.24) is 9.97 Å². The molecule has 1 aromatic heterocycles. The van der Waals surface area contributed by atoms with E-state index in [1.54, 1.807) is 0 Å². The van der Waals surface area contributed by atoms with Gasteiger partial charge in [0.15, 0.2) is 5.82 Å². The van der Waals surface area contributed by atoms with E-state index in [1.807, 2.05) is 19.1 Å². The summed E-state index contributed by atoms with van der Waals surface area (Å²) >= 11 is 0. The normalized spacial score (nSPS) is 20.5. The van der Waals surface area contributed by atoms with Gasteiger partial charge in [0, 0.05) is 49.7 Å². The largest absolute Gasteiger partial charge is 0.484 e. The minimum absolute atomic E-state index is 0.0549. The third kappa shape index (κ3) is 4.74. The lowest BCUT2D eigenvalue weighted by atomic mass is 9.99. The number of benzene rings is 1. The van der Waals surface area contributed by atoms with Crippen LogP contribution in [0.4, 0.5) is 20.2 Å². The average Bonchev–Trinajstić information content (AvgIpc) is 3.15. The van der Waals surface area contributed by atoms with Crippen LogP contribution in [-0.4, -0.2) is 59.5 Å². The molecule has 33 heavy (non-hydrogen) atoms. The topological polar surface area (TPSA) is 123 Å². The summed E-state index contributed by atoms with van der Waals surface area (Å²) in [5, 5.41) is 12.6. The van der Waals surface area contributed by atoms with Crippen LogP contribution in [-0.2, 0) is 16.0 Å². The van der Waals surface area contributed by atoms with E-state index in [1.165, 1.54) is 0 Å². The van der Waals surface area contributed by atoms with Crippen LogP contribution in [0.15, 0.2) is 30.7 Å². The molecule has 0 radical (unpaired) electrons. The summed E-state index contributed by atoms with van der Waals surface area (Å²) < 4.78 is 37.0. The summed E-state index contributed by atoms with van der Waals surface area (Å²) in [6.07, 6.45) is 0.729. The lowest BCUT2D eigenvalue weighted by Gasteiger charge is -2.31. The number of halogens is 2. The smallest absolute Gasteiger partial charge is 0.266 e. The van der Waals surface area contributed by atoms with Crippen molar-refractivity contribution in [1.29, 1.82) is 0 Å². The standard InChI is InChI=1S/C22H25F2N5O4/c1-22(12-30)8-13-6-16(17(7-18(13)33-22)29-2-4-32-5-3-29)28-21(31)15(9-25)20-26-10-14(11-27-20)19(23)24/h6-7,9-11,19,30H,2-5,8,12,25H2,1H3,(H,28,31). The Kier molecular flexibility index (Phi) is 6.43. The van der Waals surface area contributed by atoms with Crippen LogP contribution in [0, 0.1) is 0 Å². The molecule has 9 nitrogen and oxygen atoms in total. The van der Waals surface area contributed by atoms with Gasteiger partial charge in [-0.2, -0.15) is 0 Å². The molecule has 4 rings (SSSR count). The van der Waals surface area contributed by atoms with Crippen LogP contribution in [0.1, 0.15) is 30.3 Å². The Morgan fingerprint density at radius 1 is 1.33 bits per heavy atom. The number of fused-ring (bicyclic) bond motifs is 1. The number of nitrogens with zero attached hydrogens (tertiary/aromatic N) is 3. The van der Waals surface area contributed by atoms with Gasteiger partial charge in [-0.05, 0) is 13.0 Å². The number of hydrogen-bond donors (Lipinski definition) is 3. The molecule has 3 heterocycles. The Labute approximate surface area is 189 Å². The lowest BCUT2D eigenvalue weighted by Crippen LogP contribution is -2.37. The van der Waals surface area contributed by atoms with E-state index in [2.05, 4.69) is 20.2 Å². The number of aliphatic hydroxyl groups excluding tert-OH is 1. The predicted octanol–water partition coefficient (Wildman–Crippen LogP) is 1.87. The number of anilines is 2. The molecular weight excluding hydrogens is 436 g/mol. The van der Waals surface area contributed by atoms with Gasteiger partial charge in [0.25, 0.3) is 12.3 Å². The van der Waals surface area contributed by atoms with E-state index in [9.17, 15) is 18.7 Å². The number of morpholine rings is 1. The number of hydrogen-bond acceptors (Lipinski definition) is 8. The Morgan fingerprint density at radius 3 is 2.64 bits per heavy atom. The van der Waals surface area contributed by atoms with Gasteiger partial charge >= 0.3 is 0 Å². The van der Waals surface area contributed by atoms with Crippen LogP contribution in [0.25, 0.3) is 5.57 Å². The maximum absolute atomic E-state index is 13.1. The fourth-order valence-electron chi connectivity index (χ4n) is 3.84. The quantitative estimate of drug-likeness (QED) is 0.558. The molecule has 176 valence electrons. The van der Waals surface area contributed by atoms with Crippen LogP contribution < -0.4 is 20.7 Å². The first kappa shape index (κ1) is 22.9. The number of nitrogens with one attached hydrogen (secondary N) is 1. The van der Waals surface area contributed by atoms with E-state index < -0.39 is 17.9 Å². The molecule has 4 N–H and O–H groups in total. The van der Waals surface area contributed by atoms with Crippen LogP contribution in [0.3, 0.4) is 0 Å². The van der Waals surface area contributed by atoms with Gasteiger partial charge in [0.1, 0.15) is 11.4 Å². The Hall–Kier alpha value is -3.31. The molecule has 1 amide bonds. The number of alkyl halides is 2. The predicted molar refractivity (Wildman–Crippen MR) is 117 cm³/mol. The number of aliphatic hydroxyl groups is 1. The van der Waals surface area contributed by atoms with Crippen molar-refractivity contribution < 1.29 is 28.2 Å². The summed E-state index contributed by atoms with van der Waals surface area (Å²) in [7, 11) is 0. The van der Waals surface area contributed by atoms with Gasteiger partial charge in [-0.1, -0.05) is 0 Å². The van der Waals surface area contributed by atoms with E-state index in [4.69, 9.17) is 15.2 Å². The number of aromatic nitrogens is 2. The molecule has 1 fully saturated rings.